The molecule has 0 aliphatic carbocycles. The van der Waals surface area contributed by atoms with Crippen LogP contribution in [0.25, 0.3) is 0 Å². The minimum atomic E-state index is 0.656. The third-order valence-corrected chi connectivity index (χ3v) is 3.79. The zero-order valence-corrected chi connectivity index (χ0v) is 9.39. The number of rotatable bonds is 2. The van der Waals surface area contributed by atoms with Gasteiger partial charge in [0.05, 0.1) is 0 Å². The standard InChI is InChI=1S/C10H17N3S/c1-2-8-4-3-5-13(7-8)10-6-9(11)12-14-10/h6,8H,2-5,7H2,1H3,(H2,11,12). The minimum Gasteiger partial charge on any atom is -0.383 e. The fourth-order valence-corrected chi connectivity index (χ4v) is 2.73. The van der Waals surface area contributed by atoms with Crippen LogP contribution in [0.4, 0.5) is 10.8 Å². The molecule has 1 aliphatic heterocycles. The van der Waals surface area contributed by atoms with Crippen molar-refractivity contribution >= 4 is 22.4 Å². The van der Waals surface area contributed by atoms with Crippen molar-refractivity contribution in [2.24, 2.45) is 5.92 Å². The summed E-state index contributed by atoms with van der Waals surface area (Å²) in [4.78, 5) is 2.42. The predicted molar refractivity (Wildman–Crippen MR) is 61.8 cm³/mol. The second-order valence-corrected chi connectivity index (χ2v) is 4.74. The van der Waals surface area contributed by atoms with Crippen LogP contribution in [0, 0.1) is 5.92 Å². The van der Waals surface area contributed by atoms with Crippen molar-refractivity contribution in [1.29, 1.82) is 0 Å². The highest BCUT2D eigenvalue weighted by molar-refractivity contribution is 7.10. The fraction of sp³-hybridized carbons (Fsp3) is 0.700. The number of hydrogen-bond acceptors (Lipinski definition) is 4. The molecule has 0 amide bonds. The lowest BCUT2D eigenvalue weighted by Crippen LogP contribution is -2.34. The molecular weight excluding hydrogens is 194 g/mol. The first-order valence-electron chi connectivity index (χ1n) is 5.26. The van der Waals surface area contributed by atoms with Crippen LogP contribution in [0.1, 0.15) is 26.2 Å². The Bertz CT molecular complexity index is 297. The van der Waals surface area contributed by atoms with Gasteiger partial charge in [-0.25, -0.2) is 0 Å². The van der Waals surface area contributed by atoms with Crippen molar-refractivity contribution < 1.29 is 0 Å². The van der Waals surface area contributed by atoms with E-state index in [0.717, 1.165) is 12.5 Å². The lowest BCUT2D eigenvalue weighted by Gasteiger charge is -2.32. The summed E-state index contributed by atoms with van der Waals surface area (Å²) < 4.78 is 4.12. The molecule has 1 aliphatic rings. The molecule has 1 fully saturated rings. The monoisotopic (exact) mass is 211 g/mol. The predicted octanol–water partition coefficient (Wildman–Crippen LogP) is 2.35. The first-order chi connectivity index (χ1) is 6.79. The maximum absolute atomic E-state index is 5.63. The van der Waals surface area contributed by atoms with E-state index in [4.69, 9.17) is 5.73 Å². The maximum Gasteiger partial charge on any atom is 0.139 e. The molecule has 0 aromatic carbocycles. The van der Waals surface area contributed by atoms with Crippen LogP contribution in [0.2, 0.25) is 0 Å². The van der Waals surface area contributed by atoms with E-state index in [9.17, 15) is 0 Å². The summed E-state index contributed by atoms with van der Waals surface area (Å²) >= 11 is 1.52. The van der Waals surface area contributed by atoms with E-state index in [1.165, 1.54) is 42.3 Å². The van der Waals surface area contributed by atoms with E-state index >= 15 is 0 Å². The molecule has 1 aromatic heterocycles. The molecule has 1 aromatic rings. The molecule has 0 bridgehead atoms. The van der Waals surface area contributed by atoms with Gasteiger partial charge in [0.15, 0.2) is 0 Å². The molecule has 0 radical (unpaired) electrons. The Kier molecular flexibility index (Phi) is 2.91. The smallest absolute Gasteiger partial charge is 0.139 e. The lowest BCUT2D eigenvalue weighted by molar-refractivity contribution is 0.406. The fourth-order valence-electron chi connectivity index (χ4n) is 2.03. The SMILES string of the molecule is CCC1CCCN(c2cc(N)ns2)C1. The lowest BCUT2D eigenvalue weighted by atomic mass is 9.96. The largest absolute Gasteiger partial charge is 0.383 e. The van der Waals surface area contributed by atoms with Crippen LogP contribution in [0.5, 0.6) is 0 Å². The Balaban J connectivity index is 2.04. The summed E-state index contributed by atoms with van der Waals surface area (Å²) in [5, 5.41) is 1.24. The van der Waals surface area contributed by atoms with Gasteiger partial charge in [0, 0.05) is 19.2 Å². The molecule has 1 atom stereocenters. The normalized spacial score (nSPS) is 22.6. The van der Waals surface area contributed by atoms with E-state index in [1.807, 2.05) is 6.07 Å². The van der Waals surface area contributed by atoms with Gasteiger partial charge in [-0.1, -0.05) is 13.3 Å². The van der Waals surface area contributed by atoms with Gasteiger partial charge in [-0.3, -0.25) is 0 Å². The average Bonchev–Trinajstić information content (AvgIpc) is 2.65. The Morgan fingerprint density at radius 2 is 2.57 bits per heavy atom. The molecule has 4 heteroatoms. The van der Waals surface area contributed by atoms with E-state index in [2.05, 4.69) is 16.2 Å². The Hall–Kier alpha value is -0.770. The molecule has 1 saturated heterocycles. The topological polar surface area (TPSA) is 42.1 Å². The van der Waals surface area contributed by atoms with Gasteiger partial charge in [0.2, 0.25) is 0 Å². The van der Waals surface area contributed by atoms with Crippen molar-refractivity contribution in [3.05, 3.63) is 6.07 Å². The van der Waals surface area contributed by atoms with Crippen molar-refractivity contribution in [3.8, 4) is 0 Å². The maximum atomic E-state index is 5.63. The summed E-state index contributed by atoms with van der Waals surface area (Å²) in [7, 11) is 0. The van der Waals surface area contributed by atoms with Gasteiger partial charge in [0.1, 0.15) is 10.8 Å². The zero-order valence-electron chi connectivity index (χ0n) is 8.57. The molecule has 0 saturated carbocycles. The molecule has 14 heavy (non-hydrogen) atoms. The van der Waals surface area contributed by atoms with Crippen LogP contribution in [0.15, 0.2) is 6.07 Å². The Morgan fingerprint density at radius 1 is 1.71 bits per heavy atom. The van der Waals surface area contributed by atoms with Gasteiger partial charge >= 0.3 is 0 Å². The summed E-state index contributed by atoms with van der Waals surface area (Å²) in [6.07, 6.45) is 3.96. The van der Waals surface area contributed by atoms with Crippen molar-refractivity contribution in [1.82, 2.24) is 4.37 Å². The quantitative estimate of drug-likeness (QED) is 0.816. The van der Waals surface area contributed by atoms with E-state index < -0.39 is 0 Å². The van der Waals surface area contributed by atoms with Gasteiger partial charge in [-0.15, -0.1) is 0 Å². The number of nitrogens with zero attached hydrogens (tertiary/aromatic N) is 2. The zero-order chi connectivity index (χ0) is 9.97. The second kappa shape index (κ2) is 4.17. The summed E-state index contributed by atoms with van der Waals surface area (Å²) in [5.74, 6) is 1.51. The highest BCUT2D eigenvalue weighted by Crippen LogP contribution is 2.28. The molecular formula is C10H17N3S. The van der Waals surface area contributed by atoms with Crippen LogP contribution < -0.4 is 10.6 Å². The molecule has 1 unspecified atom stereocenters. The van der Waals surface area contributed by atoms with Crippen molar-refractivity contribution in [3.63, 3.8) is 0 Å². The van der Waals surface area contributed by atoms with Crippen LogP contribution in [0.3, 0.4) is 0 Å². The second-order valence-electron chi connectivity index (χ2n) is 3.95. The molecule has 2 rings (SSSR count). The van der Waals surface area contributed by atoms with E-state index in [-0.39, 0.29) is 0 Å². The summed E-state index contributed by atoms with van der Waals surface area (Å²) in [6.45, 7) is 4.62. The molecule has 78 valence electrons. The third-order valence-electron chi connectivity index (χ3n) is 2.92. The summed E-state index contributed by atoms with van der Waals surface area (Å²) in [6, 6.07) is 1.99. The number of anilines is 2. The highest BCUT2D eigenvalue weighted by atomic mass is 32.1. The van der Waals surface area contributed by atoms with Crippen molar-refractivity contribution in [2.45, 2.75) is 26.2 Å². The van der Waals surface area contributed by atoms with Crippen LogP contribution in [-0.2, 0) is 0 Å². The average molecular weight is 211 g/mol. The van der Waals surface area contributed by atoms with Crippen LogP contribution >= 0.6 is 11.5 Å². The molecule has 0 spiro atoms. The number of nitrogens with two attached hydrogens (primary N) is 1. The van der Waals surface area contributed by atoms with Gasteiger partial charge in [-0.2, -0.15) is 4.37 Å². The van der Waals surface area contributed by atoms with Crippen LogP contribution in [-0.4, -0.2) is 17.5 Å². The van der Waals surface area contributed by atoms with E-state index in [0.29, 0.717) is 5.82 Å². The van der Waals surface area contributed by atoms with Crippen molar-refractivity contribution in [2.75, 3.05) is 23.7 Å². The van der Waals surface area contributed by atoms with Gasteiger partial charge in [-0.05, 0) is 30.3 Å². The van der Waals surface area contributed by atoms with Gasteiger partial charge < -0.3 is 10.6 Å². The Labute approximate surface area is 89.1 Å². The summed E-state index contributed by atoms with van der Waals surface area (Å²) in [5.41, 5.74) is 5.63. The Morgan fingerprint density at radius 3 is 3.21 bits per heavy atom. The number of aromatic nitrogens is 1. The first kappa shape index (κ1) is 9.77. The first-order valence-corrected chi connectivity index (χ1v) is 6.04. The number of hydrogen-bond donors (Lipinski definition) is 1. The number of piperidine rings is 1. The molecule has 3 nitrogen and oxygen atoms in total. The molecule has 2 N–H and O–H groups in total. The number of nitrogen functional groups attached to an aromatic ring is 1. The molecule has 2 heterocycles. The third kappa shape index (κ3) is 2.00. The highest BCUT2D eigenvalue weighted by Gasteiger charge is 2.19. The van der Waals surface area contributed by atoms with E-state index in [1.54, 1.807) is 0 Å². The van der Waals surface area contributed by atoms with Gasteiger partial charge in [0.25, 0.3) is 0 Å². The minimum absolute atomic E-state index is 0.656.